The van der Waals surface area contributed by atoms with E-state index in [9.17, 15) is 5.11 Å². The molecule has 2 rings (SSSR count). The molecule has 1 atom stereocenters. The van der Waals surface area contributed by atoms with Gasteiger partial charge in [-0.05, 0) is 73.7 Å². The normalized spacial score (nSPS) is 12.9. The summed E-state index contributed by atoms with van der Waals surface area (Å²) < 4.78 is 0. The summed E-state index contributed by atoms with van der Waals surface area (Å²) in [6.07, 6.45) is 0. The maximum atomic E-state index is 10.7. The molecule has 2 aromatic carbocycles. The molecular weight excluding hydrogens is 337 g/mol. The average molecular weight is 372 g/mol. The van der Waals surface area contributed by atoms with Crippen LogP contribution >= 0.6 is 8.58 Å². The highest BCUT2D eigenvalue weighted by molar-refractivity contribution is 7.56. The molecule has 0 saturated carbocycles. The van der Waals surface area contributed by atoms with Crippen LogP contribution in [-0.2, 0) is 12.0 Å². The Morgan fingerprint density at radius 3 is 2.19 bits per heavy atom. The Balaban J connectivity index is 2.44. The minimum Gasteiger partial charge on any atom is -0.507 e. The van der Waals surface area contributed by atoms with E-state index in [0.29, 0.717) is 14.3 Å². The van der Waals surface area contributed by atoms with Gasteiger partial charge in [-0.1, -0.05) is 53.6 Å². The first-order chi connectivity index (χ1) is 11.9. The van der Waals surface area contributed by atoms with Crippen LogP contribution in [0, 0.1) is 13.8 Å². The summed E-state index contributed by atoms with van der Waals surface area (Å²) in [5.41, 5.74) is 4.99. The second-order valence-corrected chi connectivity index (χ2v) is 10.6. The molecule has 142 valence electrons. The van der Waals surface area contributed by atoms with Crippen molar-refractivity contribution in [2.75, 3.05) is 0 Å². The molecule has 0 aliphatic heterocycles. The summed E-state index contributed by atoms with van der Waals surface area (Å²) in [6, 6.07) is 10.8. The van der Waals surface area contributed by atoms with E-state index in [4.69, 9.17) is 0 Å². The average Bonchev–Trinajstić information content (AvgIpc) is 2.50. The highest BCUT2D eigenvalue weighted by Crippen LogP contribution is 2.30. The Morgan fingerprint density at radius 1 is 0.962 bits per heavy atom. The number of rotatable bonds is 4. The van der Waals surface area contributed by atoms with Crippen molar-refractivity contribution in [2.45, 2.75) is 72.9 Å². The monoisotopic (exact) mass is 371 g/mol. The first-order valence-corrected chi connectivity index (χ1v) is 10.3. The fourth-order valence-electron chi connectivity index (χ4n) is 2.86. The molecule has 0 heterocycles. The van der Waals surface area contributed by atoms with Crippen LogP contribution < -0.4 is 15.9 Å². The van der Waals surface area contributed by atoms with E-state index in [-0.39, 0.29) is 11.0 Å². The smallest absolute Gasteiger partial charge is 0.126 e. The molecular formula is C23H34NOP. The number of aryl methyl sites for hydroxylation is 2. The summed E-state index contributed by atoms with van der Waals surface area (Å²) in [5.74, 6) is 0.439. The van der Waals surface area contributed by atoms with Crippen LogP contribution in [0.25, 0.3) is 0 Å². The molecule has 0 aliphatic rings. The molecule has 1 unspecified atom stereocenters. The quantitative estimate of drug-likeness (QED) is 0.755. The lowest BCUT2D eigenvalue weighted by Gasteiger charge is -2.24. The minimum absolute atomic E-state index is 0.0695. The van der Waals surface area contributed by atoms with Gasteiger partial charge >= 0.3 is 0 Å². The van der Waals surface area contributed by atoms with Crippen LogP contribution in [0.3, 0.4) is 0 Å². The van der Waals surface area contributed by atoms with E-state index in [1.54, 1.807) is 0 Å². The van der Waals surface area contributed by atoms with Gasteiger partial charge in [0.2, 0.25) is 0 Å². The molecule has 2 N–H and O–H groups in total. The van der Waals surface area contributed by atoms with E-state index < -0.39 is 0 Å². The fraction of sp³-hybridized carbons (Fsp3) is 0.478. The number of phenols is 1. The lowest BCUT2D eigenvalue weighted by atomic mass is 9.86. The molecule has 2 aromatic rings. The number of nitrogens with one attached hydrogen (secondary N) is 1. The molecule has 0 fully saturated rings. The van der Waals surface area contributed by atoms with Crippen molar-refractivity contribution < 1.29 is 5.11 Å². The van der Waals surface area contributed by atoms with Gasteiger partial charge in [-0.15, -0.1) is 0 Å². The van der Waals surface area contributed by atoms with Crippen LogP contribution in [-0.4, -0.2) is 10.6 Å². The molecule has 26 heavy (non-hydrogen) atoms. The minimum atomic E-state index is 0.0695. The van der Waals surface area contributed by atoms with E-state index in [2.05, 4.69) is 84.1 Å². The van der Waals surface area contributed by atoms with Crippen LogP contribution in [0.4, 0.5) is 0 Å². The van der Waals surface area contributed by atoms with Gasteiger partial charge < -0.3 is 10.4 Å². The third-order valence-electron chi connectivity index (χ3n) is 4.59. The Bertz CT molecular complexity index is 782. The molecule has 0 aromatic heterocycles. The topological polar surface area (TPSA) is 32.3 Å². The van der Waals surface area contributed by atoms with Gasteiger partial charge in [-0.2, -0.15) is 0 Å². The largest absolute Gasteiger partial charge is 0.507 e. The van der Waals surface area contributed by atoms with Crippen molar-refractivity contribution in [1.29, 1.82) is 0 Å². The third kappa shape index (κ3) is 5.32. The van der Waals surface area contributed by atoms with Gasteiger partial charge in [0.05, 0.1) is 0 Å². The first kappa shape index (κ1) is 20.9. The van der Waals surface area contributed by atoms with Gasteiger partial charge in [-0.3, -0.25) is 0 Å². The number of benzene rings is 2. The molecule has 0 saturated heterocycles. The fourth-order valence-corrected chi connectivity index (χ4v) is 4.28. The van der Waals surface area contributed by atoms with Crippen molar-refractivity contribution in [3.8, 4) is 5.75 Å². The number of hydrogen-bond acceptors (Lipinski definition) is 2. The zero-order valence-corrected chi connectivity index (χ0v) is 18.5. The van der Waals surface area contributed by atoms with Gasteiger partial charge in [0.1, 0.15) is 5.75 Å². The molecule has 0 aliphatic carbocycles. The highest BCUT2D eigenvalue weighted by Gasteiger charge is 2.19. The molecule has 2 nitrogen and oxygen atoms in total. The van der Waals surface area contributed by atoms with Crippen LogP contribution in [0.2, 0.25) is 0 Å². The number of phenolic OH excluding ortho intramolecular Hbond substituents is 1. The Hall–Kier alpha value is -1.37. The summed E-state index contributed by atoms with van der Waals surface area (Å²) in [5, 5.41) is 16.7. The standard InChI is InChI=1S/C23H34NOP/c1-15-10-9-11-17(14-24-23(6,7)8)21(15)26-19-13-18(22(3,4)5)12-16(2)20(19)25/h9-13,24-26H,14H2,1-8H3. The van der Waals surface area contributed by atoms with E-state index >= 15 is 0 Å². The Labute approximate surface area is 161 Å². The third-order valence-corrected chi connectivity index (χ3v) is 6.21. The van der Waals surface area contributed by atoms with Crippen LogP contribution in [0.1, 0.15) is 63.8 Å². The molecule has 0 bridgehead atoms. The first-order valence-electron chi connectivity index (χ1n) is 9.33. The zero-order chi connectivity index (χ0) is 19.7. The maximum Gasteiger partial charge on any atom is 0.126 e. The van der Waals surface area contributed by atoms with E-state index in [1.165, 1.54) is 22.0 Å². The van der Waals surface area contributed by atoms with Crippen molar-refractivity contribution in [2.24, 2.45) is 0 Å². The predicted octanol–water partition coefficient (Wildman–Crippen LogP) is 4.82. The Kier molecular flexibility index (Phi) is 6.20. The van der Waals surface area contributed by atoms with Gasteiger partial charge in [0, 0.05) is 17.4 Å². The summed E-state index contributed by atoms with van der Waals surface area (Å²) >= 11 is 0. The molecule has 0 amide bonds. The van der Waals surface area contributed by atoms with Crippen molar-refractivity contribution in [1.82, 2.24) is 5.32 Å². The lowest BCUT2D eigenvalue weighted by Crippen LogP contribution is -2.36. The van der Waals surface area contributed by atoms with Gasteiger partial charge in [0.15, 0.2) is 0 Å². The van der Waals surface area contributed by atoms with Crippen molar-refractivity contribution in [3.05, 3.63) is 52.6 Å². The lowest BCUT2D eigenvalue weighted by molar-refractivity contribution is 0.425. The zero-order valence-electron chi connectivity index (χ0n) is 17.5. The van der Waals surface area contributed by atoms with E-state index in [0.717, 1.165) is 17.4 Å². The summed E-state index contributed by atoms with van der Waals surface area (Å²) in [7, 11) is 0.448. The van der Waals surface area contributed by atoms with Gasteiger partial charge in [-0.25, -0.2) is 0 Å². The second kappa shape index (κ2) is 7.71. The number of aromatic hydroxyl groups is 1. The maximum absolute atomic E-state index is 10.7. The summed E-state index contributed by atoms with van der Waals surface area (Å²) in [4.78, 5) is 0. The molecule has 3 heteroatoms. The van der Waals surface area contributed by atoms with Gasteiger partial charge in [0.25, 0.3) is 0 Å². The molecule has 0 spiro atoms. The number of hydrogen-bond donors (Lipinski definition) is 2. The van der Waals surface area contributed by atoms with Crippen molar-refractivity contribution >= 4 is 19.2 Å². The van der Waals surface area contributed by atoms with Crippen LogP contribution in [0.15, 0.2) is 30.3 Å². The van der Waals surface area contributed by atoms with Crippen LogP contribution in [0.5, 0.6) is 5.75 Å². The summed E-state index contributed by atoms with van der Waals surface area (Å²) in [6.45, 7) is 18.2. The van der Waals surface area contributed by atoms with Crippen molar-refractivity contribution in [3.63, 3.8) is 0 Å². The SMILES string of the molecule is Cc1cc(C(C)(C)C)cc(Pc2c(C)cccc2CNC(C)(C)C)c1O. The molecule has 0 radical (unpaired) electrons. The Morgan fingerprint density at radius 2 is 1.62 bits per heavy atom. The second-order valence-electron chi connectivity index (χ2n) is 9.28. The van der Waals surface area contributed by atoms with E-state index in [1.807, 2.05) is 6.92 Å². The highest BCUT2D eigenvalue weighted by atomic mass is 31.1. The predicted molar refractivity (Wildman–Crippen MR) is 117 cm³/mol.